The summed E-state index contributed by atoms with van der Waals surface area (Å²) in [5, 5.41) is 1.16. The fourth-order valence-corrected chi connectivity index (χ4v) is 4.68. The van der Waals surface area contributed by atoms with Gasteiger partial charge >= 0.3 is 0 Å². The summed E-state index contributed by atoms with van der Waals surface area (Å²) in [4.78, 5) is 4.87. The summed E-state index contributed by atoms with van der Waals surface area (Å²) in [5.74, 6) is 0. The predicted octanol–water partition coefficient (Wildman–Crippen LogP) is 9.52. The second kappa shape index (κ2) is 9.28. The van der Waals surface area contributed by atoms with Gasteiger partial charge < -0.3 is 0 Å². The Morgan fingerprint density at radius 3 is 1.36 bits per heavy atom. The maximum absolute atomic E-state index is 4.87. The number of rotatable bonds is 4. The van der Waals surface area contributed by atoms with E-state index in [2.05, 4.69) is 129 Å². The topological polar surface area (TPSA) is 12.9 Å². The van der Waals surface area contributed by atoms with Crippen LogP contribution >= 0.6 is 0 Å². The Labute approximate surface area is 212 Å². The zero-order valence-electron chi connectivity index (χ0n) is 20.6. The van der Waals surface area contributed by atoms with Crippen LogP contribution in [0.15, 0.2) is 127 Å². The van der Waals surface area contributed by atoms with Crippen LogP contribution in [0.5, 0.6) is 0 Å². The molecular formula is C35H27N. The van der Waals surface area contributed by atoms with Crippen LogP contribution in [-0.2, 0) is 0 Å². The molecule has 5 aromatic carbocycles. The van der Waals surface area contributed by atoms with Crippen LogP contribution in [0.1, 0.15) is 11.1 Å². The van der Waals surface area contributed by atoms with E-state index in [1.807, 2.05) is 12.1 Å². The van der Waals surface area contributed by atoms with E-state index in [0.29, 0.717) is 0 Å². The van der Waals surface area contributed by atoms with Crippen molar-refractivity contribution in [1.29, 1.82) is 0 Å². The molecule has 0 fully saturated rings. The third-order valence-electron chi connectivity index (χ3n) is 6.82. The van der Waals surface area contributed by atoms with Gasteiger partial charge in [0.15, 0.2) is 0 Å². The highest BCUT2D eigenvalue weighted by Gasteiger charge is 2.09. The number of aromatic nitrogens is 1. The lowest BCUT2D eigenvalue weighted by molar-refractivity contribution is 1.40. The molecular weight excluding hydrogens is 434 g/mol. The molecule has 1 nitrogen and oxygen atoms in total. The van der Waals surface area contributed by atoms with Crippen molar-refractivity contribution in [2.24, 2.45) is 0 Å². The second-order valence-electron chi connectivity index (χ2n) is 9.50. The first kappa shape index (κ1) is 22.0. The van der Waals surface area contributed by atoms with Crippen molar-refractivity contribution < 1.29 is 0 Å². The number of fused-ring (bicyclic) bond motifs is 1. The molecule has 1 aromatic heterocycles. The molecule has 1 heterocycles. The molecule has 0 atom stereocenters. The first-order valence-electron chi connectivity index (χ1n) is 12.4. The van der Waals surface area contributed by atoms with Gasteiger partial charge in [0.1, 0.15) is 0 Å². The van der Waals surface area contributed by atoms with Crippen LogP contribution in [0.2, 0.25) is 0 Å². The molecule has 0 aliphatic carbocycles. The first-order chi connectivity index (χ1) is 17.6. The summed E-state index contributed by atoms with van der Waals surface area (Å²) in [6.07, 6.45) is 0. The molecule has 6 rings (SSSR count). The molecule has 0 saturated carbocycles. The Kier molecular flexibility index (Phi) is 5.67. The molecule has 0 amide bonds. The van der Waals surface area contributed by atoms with Crippen LogP contribution in [-0.4, -0.2) is 4.98 Å². The van der Waals surface area contributed by atoms with Crippen LogP contribution in [0.3, 0.4) is 0 Å². The largest absolute Gasteiger partial charge is 0.248 e. The van der Waals surface area contributed by atoms with Gasteiger partial charge in [-0.25, -0.2) is 4.98 Å². The average Bonchev–Trinajstić information content (AvgIpc) is 2.93. The van der Waals surface area contributed by atoms with Gasteiger partial charge in [-0.05, 0) is 77.6 Å². The molecule has 6 aromatic rings. The number of para-hydroxylation sites is 1. The highest BCUT2D eigenvalue weighted by atomic mass is 14.7. The normalized spacial score (nSPS) is 11.1. The average molecular weight is 462 g/mol. The minimum Gasteiger partial charge on any atom is -0.248 e. The Morgan fingerprint density at radius 1 is 0.389 bits per heavy atom. The van der Waals surface area contributed by atoms with Gasteiger partial charge in [0.2, 0.25) is 0 Å². The van der Waals surface area contributed by atoms with Crippen molar-refractivity contribution in [3.8, 4) is 44.6 Å². The second-order valence-corrected chi connectivity index (χ2v) is 9.50. The van der Waals surface area contributed by atoms with Gasteiger partial charge in [-0.15, -0.1) is 0 Å². The van der Waals surface area contributed by atoms with Crippen molar-refractivity contribution in [3.63, 3.8) is 0 Å². The minimum atomic E-state index is 0.994. The van der Waals surface area contributed by atoms with Gasteiger partial charge in [-0.1, -0.05) is 108 Å². The monoisotopic (exact) mass is 461 g/mol. The molecule has 36 heavy (non-hydrogen) atoms. The minimum absolute atomic E-state index is 0.994. The van der Waals surface area contributed by atoms with E-state index < -0.39 is 0 Å². The molecule has 0 unspecified atom stereocenters. The smallest absolute Gasteiger partial charge is 0.0709 e. The lowest BCUT2D eigenvalue weighted by Gasteiger charge is -2.12. The van der Waals surface area contributed by atoms with Crippen LogP contribution < -0.4 is 0 Å². The van der Waals surface area contributed by atoms with E-state index in [9.17, 15) is 0 Å². The summed E-state index contributed by atoms with van der Waals surface area (Å²) in [6, 6.07) is 45.7. The summed E-state index contributed by atoms with van der Waals surface area (Å²) in [5.41, 5.74) is 13.0. The molecule has 0 aliphatic rings. The van der Waals surface area contributed by atoms with Gasteiger partial charge in [0.05, 0.1) is 11.2 Å². The lowest BCUT2D eigenvalue weighted by Crippen LogP contribution is -1.88. The zero-order valence-corrected chi connectivity index (χ0v) is 20.6. The van der Waals surface area contributed by atoms with Crippen molar-refractivity contribution in [1.82, 2.24) is 4.98 Å². The fourth-order valence-electron chi connectivity index (χ4n) is 4.68. The van der Waals surface area contributed by atoms with E-state index in [4.69, 9.17) is 4.98 Å². The molecule has 0 saturated heterocycles. The zero-order chi connectivity index (χ0) is 24.5. The van der Waals surface area contributed by atoms with E-state index in [0.717, 1.165) is 22.2 Å². The number of pyridine rings is 1. The maximum Gasteiger partial charge on any atom is 0.0709 e. The third kappa shape index (κ3) is 4.44. The van der Waals surface area contributed by atoms with Crippen LogP contribution in [0.4, 0.5) is 0 Å². The molecule has 0 N–H and O–H groups in total. The summed E-state index contributed by atoms with van der Waals surface area (Å²) >= 11 is 0. The van der Waals surface area contributed by atoms with E-state index in [1.165, 1.54) is 44.5 Å². The lowest BCUT2D eigenvalue weighted by atomic mass is 9.92. The molecule has 0 spiro atoms. The number of hydrogen-bond donors (Lipinski definition) is 0. The molecule has 0 bridgehead atoms. The fraction of sp³-hybridized carbons (Fsp3) is 0.0571. The van der Waals surface area contributed by atoms with Crippen molar-refractivity contribution in [2.45, 2.75) is 13.8 Å². The highest BCUT2D eigenvalue weighted by Crippen LogP contribution is 2.34. The van der Waals surface area contributed by atoms with E-state index in [1.54, 1.807) is 0 Å². The standard InChI is InChI=1S/C35H27N/c1-24-7-11-26(12-8-24)31-21-32(27-13-9-25(2)10-14-27)23-33(22-31)28-15-17-30(18-16-28)35-20-19-29-5-3-4-6-34(29)36-35/h3-23H,1-2H3. The third-order valence-corrected chi connectivity index (χ3v) is 6.82. The molecule has 1 heteroatoms. The SMILES string of the molecule is Cc1ccc(-c2cc(-c3ccc(C)cc3)cc(-c3ccc(-c4ccc5ccccc5n4)cc3)c2)cc1. The van der Waals surface area contributed by atoms with Crippen LogP contribution in [0, 0.1) is 13.8 Å². The molecule has 0 aliphatic heterocycles. The van der Waals surface area contributed by atoms with Gasteiger partial charge in [-0.2, -0.15) is 0 Å². The Balaban J connectivity index is 1.42. The quantitative estimate of drug-likeness (QED) is 0.255. The summed E-state index contributed by atoms with van der Waals surface area (Å²) in [6.45, 7) is 4.26. The van der Waals surface area contributed by atoms with Crippen molar-refractivity contribution in [2.75, 3.05) is 0 Å². The maximum atomic E-state index is 4.87. The van der Waals surface area contributed by atoms with Gasteiger partial charge in [0, 0.05) is 10.9 Å². The van der Waals surface area contributed by atoms with Crippen molar-refractivity contribution >= 4 is 10.9 Å². The van der Waals surface area contributed by atoms with Crippen LogP contribution in [0.25, 0.3) is 55.5 Å². The first-order valence-corrected chi connectivity index (χ1v) is 12.4. The van der Waals surface area contributed by atoms with Crippen molar-refractivity contribution in [3.05, 3.63) is 139 Å². The number of aryl methyl sites for hydroxylation is 2. The number of nitrogens with zero attached hydrogens (tertiary/aromatic N) is 1. The summed E-state index contributed by atoms with van der Waals surface area (Å²) < 4.78 is 0. The van der Waals surface area contributed by atoms with E-state index in [-0.39, 0.29) is 0 Å². The Hall–Kier alpha value is -4.49. The number of benzene rings is 5. The van der Waals surface area contributed by atoms with Gasteiger partial charge in [0.25, 0.3) is 0 Å². The Bertz CT molecular complexity index is 1590. The molecule has 172 valence electrons. The number of hydrogen-bond acceptors (Lipinski definition) is 1. The highest BCUT2D eigenvalue weighted by molar-refractivity contribution is 5.83. The van der Waals surface area contributed by atoms with E-state index >= 15 is 0 Å². The summed E-state index contributed by atoms with van der Waals surface area (Å²) in [7, 11) is 0. The Morgan fingerprint density at radius 2 is 0.833 bits per heavy atom. The predicted molar refractivity (Wildman–Crippen MR) is 153 cm³/mol. The molecule has 0 radical (unpaired) electrons. The van der Waals surface area contributed by atoms with Gasteiger partial charge in [-0.3, -0.25) is 0 Å².